The molecular weight excluding hydrogens is 214 g/mol. The molecule has 1 heterocycles. The summed E-state index contributed by atoms with van der Waals surface area (Å²) in [5.41, 5.74) is 1.33. The molecule has 1 aromatic rings. The quantitative estimate of drug-likeness (QED) is 0.802. The van der Waals surface area contributed by atoms with Gasteiger partial charge in [-0.2, -0.15) is 0 Å². The van der Waals surface area contributed by atoms with Crippen molar-refractivity contribution in [3.63, 3.8) is 0 Å². The van der Waals surface area contributed by atoms with Crippen LogP contribution in [-0.4, -0.2) is 37.3 Å². The van der Waals surface area contributed by atoms with E-state index in [4.69, 9.17) is 9.47 Å². The van der Waals surface area contributed by atoms with Gasteiger partial charge in [-0.1, -0.05) is 12.1 Å². The van der Waals surface area contributed by atoms with Crippen molar-refractivity contribution in [3.05, 3.63) is 29.8 Å². The highest BCUT2D eigenvalue weighted by molar-refractivity contribution is 5.27. The van der Waals surface area contributed by atoms with Crippen LogP contribution in [0, 0.1) is 0 Å². The molecule has 1 fully saturated rings. The van der Waals surface area contributed by atoms with E-state index in [1.54, 1.807) is 7.11 Å². The molecule has 2 atom stereocenters. The van der Waals surface area contributed by atoms with Crippen molar-refractivity contribution < 1.29 is 9.47 Å². The molecule has 0 N–H and O–H groups in total. The molecule has 0 bridgehead atoms. The Balaban J connectivity index is 1.95. The minimum atomic E-state index is 0.331. The Kier molecular flexibility index (Phi) is 4.02. The van der Waals surface area contributed by atoms with Crippen molar-refractivity contribution in [3.8, 4) is 5.75 Å². The molecule has 0 spiro atoms. The molecule has 17 heavy (non-hydrogen) atoms. The van der Waals surface area contributed by atoms with E-state index >= 15 is 0 Å². The van der Waals surface area contributed by atoms with Crippen LogP contribution in [0.25, 0.3) is 0 Å². The van der Waals surface area contributed by atoms with Gasteiger partial charge in [0, 0.05) is 19.6 Å². The van der Waals surface area contributed by atoms with Crippen LogP contribution in [0.2, 0.25) is 0 Å². The van der Waals surface area contributed by atoms with Gasteiger partial charge in [0.05, 0.1) is 19.3 Å². The van der Waals surface area contributed by atoms with Crippen molar-refractivity contribution in [2.75, 3.05) is 20.2 Å². The van der Waals surface area contributed by atoms with Crippen LogP contribution in [-0.2, 0) is 11.3 Å². The van der Waals surface area contributed by atoms with Crippen LogP contribution in [0.3, 0.4) is 0 Å². The first-order chi connectivity index (χ1) is 8.17. The molecule has 0 saturated carbocycles. The SMILES string of the molecule is COc1ccc(CN2CC(C)OC(C)C2)cc1. The van der Waals surface area contributed by atoms with E-state index in [0.29, 0.717) is 12.2 Å². The standard InChI is InChI=1S/C14H21NO2/c1-11-8-15(9-12(2)17-11)10-13-4-6-14(16-3)7-5-13/h4-7,11-12H,8-10H2,1-3H3. The zero-order chi connectivity index (χ0) is 12.3. The van der Waals surface area contributed by atoms with Crippen LogP contribution in [0.4, 0.5) is 0 Å². The second kappa shape index (κ2) is 5.52. The van der Waals surface area contributed by atoms with E-state index in [9.17, 15) is 0 Å². The fourth-order valence-corrected chi connectivity index (χ4v) is 2.40. The lowest BCUT2D eigenvalue weighted by molar-refractivity contribution is -0.0704. The molecule has 94 valence electrons. The first kappa shape index (κ1) is 12.4. The average Bonchev–Trinajstić information content (AvgIpc) is 2.28. The summed E-state index contributed by atoms with van der Waals surface area (Å²) in [6.45, 7) is 7.28. The Hall–Kier alpha value is -1.06. The second-order valence-corrected chi connectivity index (χ2v) is 4.80. The number of methoxy groups -OCH3 is 1. The molecule has 1 aromatic carbocycles. The van der Waals surface area contributed by atoms with E-state index in [-0.39, 0.29) is 0 Å². The molecule has 0 radical (unpaired) electrons. The van der Waals surface area contributed by atoms with Gasteiger partial charge in [0.1, 0.15) is 5.75 Å². The summed E-state index contributed by atoms with van der Waals surface area (Å²) >= 11 is 0. The maximum atomic E-state index is 5.73. The van der Waals surface area contributed by atoms with Crippen molar-refractivity contribution in [1.29, 1.82) is 0 Å². The van der Waals surface area contributed by atoms with Crippen molar-refractivity contribution >= 4 is 0 Å². The fraction of sp³-hybridized carbons (Fsp3) is 0.571. The number of hydrogen-bond donors (Lipinski definition) is 0. The smallest absolute Gasteiger partial charge is 0.118 e. The molecule has 3 nitrogen and oxygen atoms in total. The van der Waals surface area contributed by atoms with Gasteiger partial charge in [-0.25, -0.2) is 0 Å². The Morgan fingerprint density at radius 3 is 2.29 bits per heavy atom. The minimum absolute atomic E-state index is 0.331. The van der Waals surface area contributed by atoms with Crippen LogP contribution < -0.4 is 4.74 Å². The van der Waals surface area contributed by atoms with E-state index < -0.39 is 0 Å². The number of rotatable bonds is 3. The molecule has 1 saturated heterocycles. The number of ether oxygens (including phenoxy) is 2. The predicted octanol–water partition coefficient (Wildman–Crippen LogP) is 2.30. The Bertz CT molecular complexity index is 340. The number of benzene rings is 1. The molecule has 0 aliphatic carbocycles. The number of hydrogen-bond acceptors (Lipinski definition) is 3. The lowest BCUT2D eigenvalue weighted by Crippen LogP contribution is -2.44. The normalized spacial score (nSPS) is 25.8. The minimum Gasteiger partial charge on any atom is -0.497 e. The summed E-state index contributed by atoms with van der Waals surface area (Å²) < 4.78 is 10.9. The summed E-state index contributed by atoms with van der Waals surface area (Å²) in [5, 5.41) is 0. The highest BCUT2D eigenvalue weighted by atomic mass is 16.5. The van der Waals surface area contributed by atoms with Crippen LogP contribution >= 0.6 is 0 Å². The van der Waals surface area contributed by atoms with Crippen LogP contribution in [0.15, 0.2) is 24.3 Å². The summed E-state index contributed by atoms with van der Waals surface area (Å²) in [7, 11) is 1.69. The molecule has 1 aliphatic heterocycles. The zero-order valence-electron chi connectivity index (χ0n) is 10.8. The second-order valence-electron chi connectivity index (χ2n) is 4.80. The third-order valence-corrected chi connectivity index (χ3v) is 3.06. The summed E-state index contributed by atoms with van der Waals surface area (Å²) in [5.74, 6) is 0.914. The lowest BCUT2D eigenvalue weighted by atomic mass is 10.1. The number of morpholine rings is 1. The molecular formula is C14H21NO2. The molecule has 3 heteroatoms. The highest BCUT2D eigenvalue weighted by Crippen LogP contribution is 2.16. The van der Waals surface area contributed by atoms with E-state index in [1.807, 2.05) is 12.1 Å². The Morgan fingerprint density at radius 1 is 1.18 bits per heavy atom. The maximum absolute atomic E-state index is 5.73. The van der Waals surface area contributed by atoms with Crippen molar-refractivity contribution in [2.24, 2.45) is 0 Å². The molecule has 0 amide bonds. The molecule has 1 aliphatic rings. The van der Waals surface area contributed by atoms with Gasteiger partial charge in [-0.15, -0.1) is 0 Å². The fourth-order valence-electron chi connectivity index (χ4n) is 2.40. The highest BCUT2D eigenvalue weighted by Gasteiger charge is 2.21. The molecule has 2 rings (SSSR count). The van der Waals surface area contributed by atoms with Gasteiger partial charge in [0.25, 0.3) is 0 Å². The van der Waals surface area contributed by atoms with E-state index in [2.05, 4.69) is 30.9 Å². The first-order valence-electron chi connectivity index (χ1n) is 6.18. The van der Waals surface area contributed by atoms with Gasteiger partial charge >= 0.3 is 0 Å². The summed E-state index contributed by atoms with van der Waals surface area (Å²) in [6, 6.07) is 8.29. The molecule has 0 aromatic heterocycles. The van der Waals surface area contributed by atoms with Gasteiger partial charge < -0.3 is 9.47 Å². The largest absolute Gasteiger partial charge is 0.497 e. The summed E-state index contributed by atoms with van der Waals surface area (Å²) in [4.78, 5) is 2.45. The van der Waals surface area contributed by atoms with Crippen molar-refractivity contribution in [2.45, 2.75) is 32.6 Å². The average molecular weight is 235 g/mol. The van der Waals surface area contributed by atoms with Crippen LogP contribution in [0.5, 0.6) is 5.75 Å². The van der Waals surface area contributed by atoms with E-state index in [0.717, 1.165) is 25.4 Å². The topological polar surface area (TPSA) is 21.7 Å². The molecule has 2 unspecified atom stereocenters. The monoisotopic (exact) mass is 235 g/mol. The van der Waals surface area contributed by atoms with Crippen LogP contribution in [0.1, 0.15) is 19.4 Å². The lowest BCUT2D eigenvalue weighted by Gasteiger charge is -2.35. The van der Waals surface area contributed by atoms with Crippen molar-refractivity contribution in [1.82, 2.24) is 4.90 Å². The maximum Gasteiger partial charge on any atom is 0.118 e. The Morgan fingerprint density at radius 2 is 1.76 bits per heavy atom. The third kappa shape index (κ3) is 3.45. The zero-order valence-corrected chi connectivity index (χ0v) is 10.8. The van der Waals surface area contributed by atoms with Gasteiger partial charge in [0.2, 0.25) is 0 Å². The van der Waals surface area contributed by atoms with Gasteiger partial charge in [-0.3, -0.25) is 4.90 Å². The Labute approximate surface area is 103 Å². The first-order valence-corrected chi connectivity index (χ1v) is 6.18. The summed E-state index contributed by atoms with van der Waals surface area (Å²) in [6.07, 6.45) is 0.661. The van der Waals surface area contributed by atoms with E-state index in [1.165, 1.54) is 5.56 Å². The van der Waals surface area contributed by atoms with Gasteiger partial charge in [-0.05, 0) is 31.5 Å². The predicted molar refractivity (Wildman–Crippen MR) is 68.3 cm³/mol. The number of nitrogens with zero attached hydrogens (tertiary/aromatic N) is 1. The van der Waals surface area contributed by atoms with Gasteiger partial charge in [0.15, 0.2) is 0 Å². The third-order valence-electron chi connectivity index (χ3n) is 3.06.